The van der Waals surface area contributed by atoms with Gasteiger partial charge < -0.3 is 40.6 Å². The molecule has 0 radical (unpaired) electrons. The highest BCUT2D eigenvalue weighted by atomic mass is 16.5. The highest BCUT2D eigenvalue weighted by molar-refractivity contribution is 4.83. The lowest BCUT2D eigenvalue weighted by Crippen LogP contribution is -2.45. The minimum Gasteiger partial charge on any atom is -0.375 e. The monoisotopic (exact) mass is 699 g/mol. The summed E-state index contributed by atoms with van der Waals surface area (Å²) in [5.41, 5.74) is 5.82. The normalized spacial score (nSPS) is 36.7. The van der Waals surface area contributed by atoms with E-state index < -0.39 is 0 Å². The number of nitrogens with one attached hydrogen (secondary N) is 3. The molecule has 0 saturated carbocycles. The maximum absolute atomic E-state index is 5.97. The molecule has 4 aliphatic heterocycles. The van der Waals surface area contributed by atoms with E-state index in [1.165, 1.54) is 38.5 Å². The Labute approximate surface area is 305 Å². The van der Waals surface area contributed by atoms with E-state index in [0.717, 1.165) is 25.9 Å². The zero-order valence-corrected chi connectivity index (χ0v) is 35.0. The maximum Gasteiger partial charge on any atom is 0.0703 e. The average molecular weight is 699 g/mol. The molecule has 12 unspecified atom stereocenters. The van der Waals surface area contributed by atoms with Crippen LogP contribution in [0.25, 0.3) is 0 Å². The summed E-state index contributed by atoms with van der Waals surface area (Å²) < 4.78 is 23.6. The van der Waals surface area contributed by atoms with Gasteiger partial charge in [-0.3, -0.25) is 0 Å². The number of ether oxygens (including phenoxy) is 4. The Hall–Kier alpha value is -0.320. The molecule has 0 spiro atoms. The third kappa shape index (κ3) is 17.4. The average Bonchev–Trinajstić information content (AvgIpc) is 3.05. The fourth-order valence-electron chi connectivity index (χ4n) is 7.59. The first-order chi connectivity index (χ1) is 23.1. The molecule has 0 aromatic heterocycles. The molecular weight excluding hydrogens is 612 g/mol. The molecule has 0 aliphatic carbocycles. The van der Waals surface area contributed by atoms with Crippen LogP contribution in [0, 0.1) is 35.5 Å². The van der Waals surface area contributed by atoms with Crippen LogP contribution in [0.15, 0.2) is 0 Å². The smallest absolute Gasteiger partial charge is 0.0703 e. The predicted molar refractivity (Wildman–Crippen MR) is 209 cm³/mol. The van der Waals surface area contributed by atoms with E-state index in [-0.39, 0.29) is 12.1 Å². The zero-order valence-electron chi connectivity index (χ0n) is 35.0. The first-order valence-electron chi connectivity index (χ1n) is 20.4. The Morgan fingerprint density at radius 2 is 0.796 bits per heavy atom. The first-order valence-corrected chi connectivity index (χ1v) is 20.4. The second-order valence-corrected chi connectivity index (χ2v) is 17.0. The van der Waals surface area contributed by atoms with Crippen LogP contribution < -0.4 is 21.7 Å². The van der Waals surface area contributed by atoms with Crippen molar-refractivity contribution in [2.24, 2.45) is 41.2 Å². The van der Waals surface area contributed by atoms with Crippen molar-refractivity contribution in [3.63, 3.8) is 0 Å². The van der Waals surface area contributed by atoms with Gasteiger partial charge in [-0.05, 0) is 136 Å². The second kappa shape index (κ2) is 24.8. The Bertz CT molecular complexity index is 780. The van der Waals surface area contributed by atoms with Gasteiger partial charge in [0, 0.05) is 25.2 Å². The second-order valence-electron chi connectivity index (χ2n) is 17.0. The Morgan fingerprint density at radius 1 is 0.469 bits per heavy atom. The highest BCUT2D eigenvalue weighted by Crippen LogP contribution is 2.29. The molecule has 4 rings (SSSR count). The fraction of sp³-hybridized carbons (Fsp3) is 1.00. The Morgan fingerprint density at radius 3 is 1.08 bits per heavy atom. The number of likely N-dealkylation sites (N-methyl/N-ethyl adjacent to an activating group) is 1. The van der Waals surface area contributed by atoms with Gasteiger partial charge in [-0.2, -0.15) is 0 Å². The zero-order chi connectivity index (χ0) is 37.3. The van der Waals surface area contributed by atoms with Gasteiger partial charge >= 0.3 is 0 Å². The van der Waals surface area contributed by atoms with Crippen LogP contribution in [0.2, 0.25) is 0 Å². The largest absolute Gasteiger partial charge is 0.375 e. The van der Waals surface area contributed by atoms with Crippen molar-refractivity contribution >= 4 is 0 Å². The van der Waals surface area contributed by atoms with E-state index >= 15 is 0 Å². The summed E-state index contributed by atoms with van der Waals surface area (Å²) in [6.45, 7) is 28.7. The SMILES string of the molecule is CC(C)C1CCC(N)C(C)O1.CNC1CCC(C(C)C)OC1C.CNCC1CCC(C(C)C)OC1C.CNCC1CCC(C(C)C)OC1C. The highest BCUT2D eigenvalue weighted by Gasteiger charge is 2.31. The van der Waals surface area contributed by atoms with Crippen LogP contribution in [0.4, 0.5) is 0 Å². The van der Waals surface area contributed by atoms with Gasteiger partial charge in [0.05, 0.1) is 48.8 Å². The van der Waals surface area contributed by atoms with Crippen LogP contribution in [0.5, 0.6) is 0 Å². The number of hydrogen-bond acceptors (Lipinski definition) is 8. The summed E-state index contributed by atoms with van der Waals surface area (Å²) in [7, 11) is 6.04. The lowest BCUT2D eigenvalue weighted by Gasteiger charge is -2.36. The number of nitrogens with two attached hydrogens (primary N) is 1. The minimum absolute atomic E-state index is 0.246. The molecule has 12 atom stereocenters. The molecule has 0 aromatic rings. The molecule has 5 N–H and O–H groups in total. The summed E-state index contributed by atoms with van der Waals surface area (Å²) in [5, 5.41) is 9.75. The van der Waals surface area contributed by atoms with E-state index in [9.17, 15) is 0 Å². The molecule has 4 aliphatic rings. The summed E-state index contributed by atoms with van der Waals surface area (Å²) >= 11 is 0. The molecule has 49 heavy (non-hydrogen) atoms. The van der Waals surface area contributed by atoms with Crippen LogP contribution in [-0.2, 0) is 18.9 Å². The lowest BCUT2D eigenvalue weighted by molar-refractivity contribution is -0.0911. The van der Waals surface area contributed by atoms with E-state index in [2.05, 4.69) is 99.0 Å². The summed E-state index contributed by atoms with van der Waals surface area (Å²) in [4.78, 5) is 0. The molecule has 4 saturated heterocycles. The van der Waals surface area contributed by atoms with E-state index in [1.54, 1.807) is 0 Å². The van der Waals surface area contributed by atoms with Crippen molar-refractivity contribution < 1.29 is 18.9 Å². The minimum atomic E-state index is 0.246. The van der Waals surface area contributed by atoms with Crippen LogP contribution >= 0.6 is 0 Å². The number of rotatable bonds is 9. The van der Waals surface area contributed by atoms with Crippen molar-refractivity contribution in [3.05, 3.63) is 0 Å². The number of hydrogen-bond donors (Lipinski definition) is 4. The Balaban J connectivity index is 0.000000327. The first kappa shape index (κ1) is 46.7. The summed E-state index contributed by atoms with van der Waals surface area (Å²) in [6.07, 6.45) is 13.1. The van der Waals surface area contributed by atoms with Crippen molar-refractivity contribution in [1.82, 2.24) is 16.0 Å². The van der Waals surface area contributed by atoms with Crippen LogP contribution in [0.1, 0.15) is 134 Å². The molecule has 0 bridgehead atoms. The maximum atomic E-state index is 5.97. The predicted octanol–water partition coefficient (Wildman–Crippen LogP) is 7.43. The van der Waals surface area contributed by atoms with Gasteiger partial charge in [-0.15, -0.1) is 0 Å². The third-order valence-corrected chi connectivity index (χ3v) is 11.5. The quantitative estimate of drug-likeness (QED) is 0.198. The van der Waals surface area contributed by atoms with Gasteiger partial charge in [-0.25, -0.2) is 0 Å². The van der Waals surface area contributed by atoms with E-state index in [1.807, 2.05) is 21.1 Å². The molecule has 4 fully saturated rings. The molecule has 294 valence electrons. The van der Waals surface area contributed by atoms with Gasteiger partial charge in [-0.1, -0.05) is 55.4 Å². The van der Waals surface area contributed by atoms with E-state index in [4.69, 9.17) is 24.7 Å². The van der Waals surface area contributed by atoms with Crippen LogP contribution in [0.3, 0.4) is 0 Å². The molecule has 8 heteroatoms. The fourth-order valence-corrected chi connectivity index (χ4v) is 7.59. The van der Waals surface area contributed by atoms with Crippen molar-refractivity contribution in [2.75, 3.05) is 34.2 Å². The summed E-state index contributed by atoms with van der Waals surface area (Å²) in [6, 6.07) is 0.810. The summed E-state index contributed by atoms with van der Waals surface area (Å²) in [5.74, 6) is 4.03. The third-order valence-electron chi connectivity index (χ3n) is 11.5. The topological polar surface area (TPSA) is 99.0 Å². The van der Waals surface area contributed by atoms with Gasteiger partial charge in [0.2, 0.25) is 0 Å². The van der Waals surface area contributed by atoms with Crippen molar-refractivity contribution in [1.29, 1.82) is 0 Å². The van der Waals surface area contributed by atoms with E-state index in [0.29, 0.717) is 84.3 Å². The van der Waals surface area contributed by atoms with Gasteiger partial charge in [0.15, 0.2) is 0 Å². The molecular formula is C41H86N4O4. The van der Waals surface area contributed by atoms with Crippen LogP contribution in [-0.4, -0.2) is 95.1 Å². The lowest BCUT2D eigenvalue weighted by atomic mass is 9.89. The molecule has 8 nitrogen and oxygen atoms in total. The molecule has 0 amide bonds. The van der Waals surface area contributed by atoms with Gasteiger partial charge in [0.25, 0.3) is 0 Å². The standard InChI is InChI=1S/2C11H23NO.C10H21NO.C9H19NO/c2*1-8(2)11-6-5-10(7-12-4)9(3)13-11;1-7(2)10-6-5-9(11-4)8(3)12-10;1-6(2)9-5-4-8(10)7(3)11-9/h2*8-12H,5-7H2,1-4H3;7-11H,5-6H2,1-4H3;6-9H,4-5,10H2,1-3H3. The van der Waals surface area contributed by atoms with Gasteiger partial charge in [0.1, 0.15) is 0 Å². The van der Waals surface area contributed by atoms with Crippen molar-refractivity contribution in [3.8, 4) is 0 Å². The van der Waals surface area contributed by atoms with Crippen molar-refractivity contribution in [2.45, 2.75) is 195 Å². The molecule has 4 heterocycles. The Kier molecular flexibility index (Phi) is 23.7. The molecule has 0 aromatic carbocycles.